The third-order valence-electron chi connectivity index (χ3n) is 18.0. The summed E-state index contributed by atoms with van der Waals surface area (Å²) in [5.41, 5.74) is 13.6. The minimum atomic E-state index is -1.76. The van der Waals surface area contributed by atoms with Crippen molar-refractivity contribution in [1.82, 2.24) is 72.4 Å². The van der Waals surface area contributed by atoms with Gasteiger partial charge in [0.05, 0.1) is 76.3 Å². The number of nitrogens with one attached hydrogen (secondary N) is 10. The zero-order chi connectivity index (χ0) is 80.1. The van der Waals surface area contributed by atoms with Crippen molar-refractivity contribution in [3.8, 4) is 5.75 Å². The van der Waals surface area contributed by atoms with Gasteiger partial charge in [0, 0.05) is 126 Å². The summed E-state index contributed by atoms with van der Waals surface area (Å²) in [6.45, 7) is 2.78. The number of hydrogen-bond donors (Lipinski definition) is 16. The number of aliphatic hydroxyl groups is 3. The van der Waals surface area contributed by atoms with Gasteiger partial charge >= 0.3 is 27.3 Å². The average molecular weight is 1790 g/mol. The molecule has 0 unspecified atom stereocenters. The number of aliphatic hydroxyl groups excluding tert-OH is 3. The number of phenols is 1. The molecule has 0 bridgehead atoms. The third-order valence-corrected chi connectivity index (χ3v) is 20.5. The van der Waals surface area contributed by atoms with Gasteiger partial charge in [0.2, 0.25) is 59.1 Å². The second-order valence-corrected chi connectivity index (χ2v) is 29.4. The molecule has 111 heavy (non-hydrogen) atoms. The summed E-state index contributed by atoms with van der Waals surface area (Å²) in [7, 11) is 1.85. The van der Waals surface area contributed by atoms with Gasteiger partial charge in [-0.2, -0.15) is 0 Å². The molecule has 2 fully saturated rings. The predicted octanol–water partition coefficient (Wildman–Crippen LogP) is -7.58. The van der Waals surface area contributed by atoms with E-state index in [1.54, 1.807) is 80.4 Å². The first-order valence-electron chi connectivity index (χ1n) is 36.4. The van der Waals surface area contributed by atoms with E-state index >= 15 is 9.59 Å². The Morgan fingerprint density at radius 1 is 0.622 bits per heavy atom. The summed E-state index contributed by atoms with van der Waals surface area (Å²) in [6.07, 6.45) is -1.44. The number of para-hydroxylation sites is 1. The second-order valence-electron chi connectivity index (χ2n) is 26.8. The Kier molecular flexibility index (Phi) is 42.2. The molecule has 2 aliphatic heterocycles. The fourth-order valence-corrected chi connectivity index (χ4v) is 14.2. The van der Waals surface area contributed by atoms with Crippen LogP contribution in [0.15, 0.2) is 85.1 Å². The number of carboxylic acids is 2. The molecule has 10 atom stereocenters. The van der Waals surface area contributed by atoms with E-state index in [1.165, 1.54) is 38.1 Å². The van der Waals surface area contributed by atoms with Crippen LogP contribution in [0, 0.1) is 0 Å². The van der Waals surface area contributed by atoms with Crippen LogP contribution in [0.5, 0.6) is 5.75 Å². The third kappa shape index (κ3) is 34.4. The van der Waals surface area contributed by atoms with E-state index in [4.69, 9.17) is 20.9 Å². The van der Waals surface area contributed by atoms with Crippen molar-refractivity contribution in [3.63, 3.8) is 0 Å². The maximum atomic E-state index is 15.2. The van der Waals surface area contributed by atoms with Gasteiger partial charge in [-0.15, -0.1) is 0 Å². The van der Waals surface area contributed by atoms with Crippen LogP contribution < -0.4 is 69.5 Å². The quantitative estimate of drug-likeness (QED) is 0.0116. The molecule has 608 valence electrons. The number of amides is 10. The molecule has 2 radical (unpaired) electrons. The summed E-state index contributed by atoms with van der Waals surface area (Å²) >= 11 is 0. The molecule has 3 aromatic carbocycles. The molecule has 4 aromatic rings. The number of benzene rings is 3. The average Bonchev–Trinajstić information content (AvgIpc) is 1.73. The number of hydrogen-bond acceptors (Lipinski definition) is 27. The van der Waals surface area contributed by atoms with Crippen molar-refractivity contribution < 1.29 is 97.6 Å². The maximum Gasteiger partial charge on any atom is 2.00 e. The number of unbranched alkanes of at least 4 members (excludes halogenated alkanes) is 1. The number of primary amides is 1. The Bertz CT molecular complexity index is 3620. The summed E-state index contributed by atoms with van der Waals surface area (Å²) in [4.78, 5) is 175. The Hall–Kier alpha value is -8.14. The van der Waals surface area contributed by atoms with E-state index in [9.17, 15) is 78.6 Å². The first-order chi connectivity index (χ1) is 52.7. The molecule has 6 rings (SSSR count). The molecule has 39 heteroatoms. The van der Waals surface area contributed by atoms with Gasteiger partial charge in [-0.05, 0) is 74.5 Å². The summed E-state index contributed by atoms with van der Waals surface area (Å²) in [5, 5.41) is 89.9. The van der Waals surface area contributed by atoms with Crippen LogP contribution in [0.25, 0.3) is 10.9 Å². The molecule has 18 N–H and O–H groups in total. The maximum absolute atomic E-state index is 15.2. The van der Waals surface area contributed by atoms with E-state index in [2.05, 4.69) is 52.8 Å². The first-order valence-corrected chi connectivity index (χ1v) is 38.9. The van der Waals surface area contributed by atoms with Crippen LogP contribution in [-0.4, -0.2) is 340 Å². The topological polar surface area (TPSA) is 539 Å². The van der Waals surface area contributed by atoms with Gasteiger partial charge in [0.25, 0.3) is 0 Å². The molecule has 3 heterocycles. The molecule has 1 aromatic heterocycles. The van der Waals surface area contributed by atoms with Crippen LogP contribution in [0.3, 0.4) is 0 Å². The molecule has 0 saturated carbocycles. The Morgan fingerprint density at radius 2 is 1.18 bits per heavy atom. The largest absolute Gasteiger partial charge is 2.00 e. The van der Waals surface area contributed by atoms with Gasteiger partial charge in [0.15, 0.2) is 0 Å². The van der Waals surface area contributed by atoms with Gasteiger partial charge in [-0.25, -0.2) is 0 Å². The number of carbonyl (C=O) groups is 12. The van der Waals surface area contributed by atoms with Crippen LogP contribution in [0.2, 0.25) is 0 Å². The van der Waals surface area contributed by atoms with Crippen molar-refractivity contribution in [2.24, 2.45) is 11.5 Å². The van der Waals surface area contributed by atoms with Crippen molar-refractivity contribution in [1.29, 1.82) is 0 Å². The van der Waals surface area contributed by atoms with Crippen LogP contribution in [0.4, 0.5) is 0 Å². The molecule has 2 aliphatic rings. The number of fused-ring (bicyclic) bond motifs is 1. The number of aromatic amines is 1. The van der Waals surface area contributed by atoms with E-state index in [0.29, 0.717) is 34.0 Å². The number of phenolic OH excluding ortho intramolecular Hbond substituents is 1. The van der Waals surface area contributed by atoms with Gasteiger partial charge in [-0.1, -0.05) is 82.3 Å². The normalized spacial score (nSPS) is 20.8. The molecular formula is C72H104N16O20PbS2. The molecule has 2 saturated heterocycles. The van der Waals surface area contributed by atoms with Crippen LogP contribution in [0.1, 0.15) is 56.2 Å². The zero-order valence-corrected chi connectivity index (χ0v) is 67.8. The Balaban J connectivity index is 0.0000220. The molecule has 0 aliphatic carbocycles. The van der Waals surface area contributed by atoms with E-state index in [0.717, 1.165) is 21.6 Å². The van der Waals surface area contributed by atoms with Crippen molar-refractivity contribution in [2.75, 3.05) is 136 Å². The summed E-state index contributed by atoms with van der Waals surface area (Å²) in [6, 6.07) is 9.58. The first kappa shape index (κ1) is 93.5. The summed E-state index contributed by atoms with van der Waals surface area (Å²) < 4.78 is 11.4. The number of H-pyrrole nitrogens is 1. The monoisotopic (exact) mass is 1790 g/mol. The van der Waals surface area contributed by atoms with Crippen molar-refractivity contribution in [2.45, 2.75) is 119 Å². The standard InChI is InChI=1S/C72H106N16O20S2.Pb/c1-45(90)57(42-89)81-71(105)59-44-110-109-43-58(70(104)79-55(35-48-15-17-50(92)18-16-48)68(102)80-56(36-49-37-76-52-13-7-6-12-51(49)52)69(103)78-53(14-8-9-20-73)66(100)84-65(46(2)91)72(106)83-59)82-67(101)54(34-47-10-4-3-5-11-47)77-61(94)19-30-107-32-33-108-31-21-75-62(95)39-86-24-28-87(40-63(96)97)26-22-85(38-60(74)93)23-27-88(29-25-86)41-64(98)99;/h3-7,10-13,15-18,37,45-46,53-59,65,76,89-92H,8-9,14,19-36,38-44,73H2,1-2H3,(H2,74,93)(H,75,95)(H,77,94)(H,78,103)(H,79,104)(H,80,102)(H,81,105)(H,82,101)(H,83,106)(H,84,100)(H,96,97)(H,98,99);/q;+2/p-2/t45-,46-,53+,54-,55+,56-,57-,58+,59+,65+;/m1./s1/i;1+5. The fraction of sp³-hybridized carbons (Fsp3) is 0.556. The number of rotatable bonds is 35. The smallest absolute Gasteiger partial charge is 0.549 e. The molecule has 36 nitrogen and oxygen atoms in total. The molecular weight excluding hydrogens is 1690 g/mol. The second kappa shape index (κ2) is 50.1. The van der Waals surface area contributed by atoms with Gasteiger partial charge in [-0.3, -0.25) is 67.5 Å². The number of nitrogens with zero attached hydrogens (tertiary/aromatic N) is 4. The van der Waals surface area contributed by atoms with Gasteiger partial charge < -0.3 is 114 Å². The van der Waals surface area contributed by atoms with Gasteiger partial charge in [0.1, 0.15) is 48.0 Å². The number of carbonyl (C=O) groups excluding carboxylic acids is 12. The van der Waals surface area contributed by atoms with Crippen LogP contribution >= 0.6 is 21.6 Å². The Labute approximate surface area is 671 Å². The predicted molar refractivity (Wildman–Crippen MR) is 408 cm³/mol. The number of ether oxygens (including phenoxy) is 2. The molecule has 10 amide bonds. The number of nitrogens with two attached hydrogens (primary N) is 2. The number of aromatic nitrogens is 1. The van der Waals surface area contributed by atoms with Crippen LogP contribution in [-0.2, 0) is 86.3 Å². The molecule has 0 spiro atoms. The van der Waals surface area contributed by atoms with E-state index in [1.807, 2.05) is 0 Å². The number of carboxylic acid groups (broad SMARTS) is 2. The SMILES string of the molecule is C[C@@H](O)[C@@H]1NC(=O)[C@H](CCCCN)NC(=O)[C@@H](Cc2c[nH]c3ccccc23)NC(=O)[C@H](Cc2ccc(O)cc2)NC(=O)[C@@H](NC(=O)[C@@H](Cc2ccccc2)NC(=O)CCOCCOCCNC(=O)CN2CCN(CC(=O)[O-])CCN(CC(N)=O)CCN(CC(=O)[O-])CC2)CSSC[C@@H](C(=O)N[C@H](CO)[C@@H](C)O)NC1=O.[212Pb+2]. The van der Waals surface area contributed by atoms with Crippen molar-refractivity contribution >= 4 is 131 Å². The summed E-state index contributed by atoms with van der Waals surface area (Å²) in [5.74, 6) is -11.5. The fourth-order valence-electron chi connectivity index (χ4n) is 11.9. The number of aromatic hydroxyl groups is 1. The van der Waals surface area contributed by atoms with E-state index in [-0.39, 0.29) is 188 Å². The minimum absolute atomic E-state index is 0. The van der Waals surface area contributed by atoms with Crippen molar-refractivity contribution in [3.05, 3.63) is 102 Å². The number of aliphatic carboxylic acids is 2. The minimum Gasteiger partial charge on any atom is -0.549 e. The van der Waals surface area contributed by atoms with E-state index < -0.39 is 151 Å². The Morgan fingerprint density at radius 3 is 1.77 bits per heavy atom. The zero-order valence-electron chi connectivity index (χ0n) is 62.2.